The molecule has 150 valence electrons. The fourth-order valence-electron chi connectivity index (χ4n) is 2.46. The van der Waals surface area contributed by atoms with Gasteiger partial charge in [0, 0.05) is 23.6 Å². The SMILES string of the molecule is CC(=O)Nc1ccc(-c2csc(NC(=O)C(C)(C)n3cc([N+](=O)[O-])cn3)n2)cc1. The van der Waals surface area contributed by atoms with Gasteiger partial charge in [-0.05, 0) is 26.0 Å². The molecule has 0 aliphatic rings. The highest BCUT2D eigenvalue weighted by Crippen LogP contribution is 2.27. The highest BCUT2D eigenvalue weighted by Gasteiger charge is 2.32. The molecule has 0 saturated heterocycles. The Bertz CT molecular complexity index is 1070. The van der Waals surface area contributed by atoms with E-state index in [1.165, 1.54) is 29.1 Å². The van der Waals surface area contributed by atoms with Crippen molar-refractivity contribution in [1.82, 2.24) is 14.8 Å². The maximum atomic E-state index is 12.7. The molecule has 3 rings (SSSR count). The molecule has 2 N–H and O–H groups in total. The van der Waals surface area contributed by atoms with Crippen molar-refractivity contribution in [3.8, 4) is 11.3 Å². The van der Waals surface area contributed by atoms with E-state index in [1.807, 2.05) is 12.1 Å². The molecule has 0 radical (unpaired) electrons. The van der Waals surface area contributed by atoms with Gasteiger partial charge in [-0.15, -0.1) is 11.3 Å². The van der Waals surface area contributed by atoms with Gasteiger partial charge in [0.25, 0.3) is 5.91 Å². The molecule has 2 amide bonds. The number of carbonyl (C=O) groups excluding carboxylic acids is 2. The quantitative estimate of drug-likeness (QED) is 0.470. The Morgan fingerprint density at radius 1 is 1.21 bits per heavy atom. The van der Waals surface area contributed by atoms with Crippen molar-refractivity contribution in [3.63, 3.8) is 0 Å². The summed E-state index contributed by atoms with van der Waals surface area (Å²) in [6, 6.07) is 7.17. The molecule has 10 nitrogen and oxygen atoms in total. The second-order valence-electron chi connectivity index (χ2n) is 6.71. The van der Waals surface area contributed by atoms with E-state index in [0.29, 0.717) is 16.5 Å². The molecule has 0 aliphatic carbocycles. The van der Waals surface area contributed by atoms with Crippen molar-refractivity contribution in [3.05, 3.63) is 52.2 Å². The van der Waals surface area contributed by atoms with E-state index >= 15 is 0 Å². The largest absolute Gasteiger partial charge is 0.326 e. The van der Waals surface area contributed by atoms with Gasteiger partial charge in [-0.25, -0.2) is 4.98 Å². The zero-order chi connectivity index (χ0) is 21.2. The molecule has 2 aromatic heterocycles. The number of amides is 2. The van der Waals surface area contributed by atoms with Crippen LogP contribution >= 0.6 is 11.3 Å². The Hall–Kier alpha value is -3.60. The Labute approximate surface area is 169 Å². The van der Waals surface area contributed by atoms with Gasteiger partial charge in [0.05, 0.1) is 10.6 Å². The summed E-state index contributed by atoms with van der Waals surface area (Å²) in [7, 11) is 0. The number of thiazole rings is 1. The molecule has 0 saturated carbocycles. The normalized spacial score (nSPS) is 11.1. The lowest BCUT2D eigenvalue weighted by molar-refractivity contribution is -0.385. The van der Waals surface area contributed by atoms with Crippen LogP contribution in [0.15, 0.2) is 42.0 Å². The van der Waals surface area contributed by atoms with Crippen LogP contribution in [0.1, 0.15) is 20.8 Å². The maximum absolute atomic E-state index is 12.7. The van der Waals surface area contributed by atoms with Crippen molar-refractivity contribution in [2.75, 3.05) is 10.6 Å². The average Bonchev–Trinajstić information content (AvgIpc) is 3.31. The molecule has 3 aromatic rings. The maximum Gasteiger partial charge on any atom is 0.307 e. The summed E-state index contributed by atoms with van der Waals surface area (Å²) in [6.45, 7) is 4.65. The second-order valence-corrected chi connectivity index (χ2v) is 7.57. The minimum Gasteiger partial charge on any atom is -0.326 e. The van der Waals surface area contributed by atoms with Gasteiger partial charge < -0.3 is 5.32 Å². The van der Waals surface area contributed by atoms with Crippen molar-refractivity contribution < 1.29 is 14.5 Å². The summed E-state index contributed by atoms with van der Waals surface area (Å²) >= 11 is 1.26. The number of nitrogens with one attached hydrogen (secondary N) is 2. The van der Waals surface area contributed by atoms with Crippen LogP contribution in [0.25, 0.3) is 11.3 Å². The molecule has 29 heavy (non-hydrogen) atoms. The van der Waals surface area contributed by atoms with E-state index in [4.69, 9.17) is 0 Å². The Morgan fingerprint density at radius 3 is 2.48 bits per heavy atom. The fourth-order valence-corrected chi connectivity index (χ4v) is 3.17. The van der Waals surface area contributed by atoms with Crippen LogP contribution in [0.5, 0.6) is 0 Å². The van der Waals surface area contributed by atoms with E-state index in [1.54, 1.807) is 31.4 Å². The fraction of sp³-hybridized carbons (Fsp3) is 0.222. The van der Waals surface area contributed by atoms with Crippen LogP contribution < -0.4 is 10.6 Å². The summed E-state index contributed by atoms with van der Waals surface area (Å²) in [5.41, 5.74) is 0.843. The van der Waals surface area contributed by atoms with E-state index in [0.717, 1.165) is 11.8 Å². The first-order chi connectivity index (χ1) is 13.7. The highest BCUT2D eigenvalue weighted by atomic mass is 32.1. The first-order valence-electron chi connectivity index (χ1n) is 8.51. The van der Waals surface area contributed by atoms with Crippen molar-refractivity contribution in [2.24, 2.45) is 0 Å². The van der Waals surface area contributed by atoms with Crippen LogP contribution in [-0.2, 0) is 15.1 Å². The summed E-state index contributed by atoms with van der Waals surface area (Å²) in [5.74, 6) is -0.557. The third-order valence-electron chi connectivity index (χ3n) is 4.13. The van der Waals surface area contributed by atoms with Crippen molar-refractivity contribution in [2.45, 2.75) is 26.3 Å². The molecule has 1 aromatic carbocycles. The van der Waals surface area contributed by atoms with Crippen LogP contribution in [0.2, 0.25) is 0 Å². The Morgan fingerprint density at radius 2 is 1.90 bits per heavy atom. The monoisotopic (exact) mass is 414 g/mol. The van der Waals surface area contributed by atoms with Gasteiger partial charge >= 0.3 is 5.69 Å². The molecule has 11 heteroatoms. The van der Waals surface area contributed by atoms with Gasteiger partial charge in [-0.2, -0.15) is 5.10 Å². The van der Waals surface area contributed by atoms with Gasteiger partial charge in [-0.3, -0.25) is 29.7 Å². The van der Waals surface area contributed by atoms with Crippen LogP contribution in [-0.4, -0.2) is 31.5 Å². The number of benzene rings is 1. The molecular formula is C18H18N6O4S. The minimum atomic E-state index is -1.15. The minimum absolute atomic E-state index is 0.151. The van der Waals surface area contributed by atoms with Crippen LogP contribution in [0.3, 0.4) is 0 Å². The van der Waals surface area contributed by atoms with E-state index in [-0.39, 0.29) is 11.6 Å². The number of nitrogens with zero attached hydrogens (tertiary/aromatic N) is 4. The zero-order valence-corrected chi connectivity index (χ0v) is 16.7. The number of hydrogen-bond donors (Lipinski definition) is 2. The van der Waals surface area contributed by atoms with Crippen LogP contribution in [0.4, 0.5) is 16.5 Å². The molecule has 2 heterocycles. The van der Waals surface area contributed by atoms with Gasteiger partial charge in [0.15, 0.2) is 5.13 Å². The smallest absolute Gasteiger partial charge is 0.307 e. The van der Waals surface area contributed by atoms with E-state index in [2.05, 4.69) is 20.7 Å². The van der Waals surface area contributed by atoms with Gasteiger partial charge in [0.1, 0.15) is 17.9 Å². The second kappa shape index (κ2) is 7.80. The summed E-state index contributed by atoms with van der Waals surface area (Å²) < 4.78 is 1.25. The van der Waals surface area contributed by atoms with Gasteiger partial charge in [-0.1, -0.05) is 12.1 Å². The molecule has 0 spiro atoms. The standard InChI is InChI=1S/C18H18N6O4S/c1-11(25)20-13-6-4-12(5-7-13)15-10-29-17(21-15)22-16(26)18(2,3)23-9-14(8-19-23)24(27)28/h4-10H,1-3H3,(H,20,25)(H,21,22,26). The number of rotatable bonds is 6. The number of aromatic nitrogens is 3. The predicted molar refractivity (Wildman–Crippen MR) is 109 cm³/mol. The number of anilines is 2. The number of carbonyl (C=O) groups is 2. The van der Waals surface area contributed by atoms with Crippen LogP contribution in [0, 0.1) is 10.1 Å². The zero-order valence-electron chi connectivity index (χ0n) is 15.9. The number of hydrogen-bond acceptors (Lipinski definition) is 7. The Balaban J connectivity index is 1.72. The third-order valence-corrected chi connectivity index (χ3v) is 4.89. The van der Waals surface area contributed by atoms with Crippen molar-refractivity contribution >= 4 is 39.7 Å². The molecule has 0 atom stereocenters. The highest BCUT2D eigenvalue weighted by molar-refractivity contribution is 7.14. The molecule has 0 bridgehead atoms. The molecule has 0 unspecified atom stereocenters. The summed E-state index contributed by atoms with van der Waals surface area (Å²) in [5, 5.41) is 22.4. The predicted octanol–water partition coefficient (Wildman–Crippen LogP) is 3.25. The molecular weight excluding hydrogens is 396 g/mol. The third kappa shape index (κ3) is 4.46. The summed E-state index contributed by atoms with van der Waals surface area (Å²) in [6.07, 6.45) is 2.31. The molecule has 0 aliphatic heterocycles. The number of nitro groups is 1. The first-order valence-corrected chi connectivity index (χ1v) is 9.39. The van der Waals surface area contributed by atoms with E-state index < -0.39 is 16.4 Å². The van der Waals surface area contributed by atoms with E-state index in [9.17, 15) is 19.7 Å². The average molecular weight is 414 g/mol. The van der Waals surface area contributed by atoms with Crippen molar-refractivity contribution in [1.29, 1.82) is 0 Å². The lowest BCUT2D eigenvalue weighted by Gasteiger charge is -2.23. The summed E-state index contributed by atoms with van der Waals surface area (Å²) in [4.78, 5) is 38.5. The Kier molecular flexibility index (Phi) is 5.41. The lowest BCUT2D eigenvalue weighted by atomic mass is 10.1. The topological polar surface area (TPSA) is 132 Å². The van der Waals surface area contributed by atoms with Gasteiger partial charge in [0.2, 0.25) is 5.91 Å². The first kappa shape index (κ1) is 20.1. The molecule has 0 fully saturated rings. The lowest BCUT2D eigenvalue weighted by Crippen LogP contribution is -2.40.